The van der Waals surface area contributed by atoms with E-state index >= 15 is 4.39 Å². The Bertz CT molecular complexity index is 3060. The summed E-state index contributed by atoms with van der Waals surface area (Å²) in [6, 6.07) is 64.2. The third-order valence-corrected chi connectivity index (χ3v) is 11.4. The van der Waals surface area contributed by atoms with Crippen LogP contribution < -0.4 is 0 Å². The van der Waals surface area contributed by atoms with Gasteiger partial charge >= 0.3 is 0 Å². The molecular weight excluding hydrogens is 672 g/mol. The van der Waals surface area contributed by atoms with Crippen molar-refractivity contribution in [1.82, 2.24) is 9.13 Å². The average molecular weight is 711 g/mol. The van der Waals surface area contributed by atoms with Crippen LogP contribution in [0.1, 0.15) is 40.7 Å². The summed E-state index contributed by atoms with van der Waals surface area (Å²) in [5.74, 6) is -0.414. The molecule has 0 aliphatic carbocycles. The van der Waals surface area contributed by atoms with Gasteiger partial charge in [0.15, 0.2) is 0 Å². The van der Waals surface area contributed by atoms with Gasteiger partial charge in [0.2, 0.25) is 0 Å². The highest BCUT2D eigenvalue weighted by atomic mass is 19.1. The predicted octanol–water partition coefficient (Wildman–Crippen LogP) is 13.7. The molecule has 0 N–H and O–H groups in total. The molecule has 0 saturated carbocycles. The van der Waals surface area contributed by atoms with E-state index < -0.39 is 0 Å². The molecule has 2 nitrogen and oxygen atoms in total. The molecular formula is C52H39FN2. The number of hydrogen-bond donors (Lipinski definition) is 0. The molecule has 0 fully saturated rings. The first-order valence-corrected chi connectivity index (χ1v) is 19.1. The van der Waals surface area contributed by atoms with E-state index in [1.54, 1.807) is 12.1 Å². The summed E-state index contributed by atoms with van der Waals surface area (Å²) >= 11 is 0. The summed E-state index contributed by atoms with van der Waals surface area (Å²) in [4.78, 5) is 0. The van der Waals surface area contributed by atoms with Crippen molar-refractivity contribution in [1.29, 1.82) is 0 Å². The minimum atomic E-state index is -0.255. The van der Waals surface area contributed by atoms with Crippen LogP contribution in [-0.2, 0) is 6.42 Å². The second-order valence-corrected chi connectivity index (χ2v) is 14.5. The first-order valence-electron chi connectivity index (χ1n) is 19.1. The lowest BCUT2D eigenvalue weighted by atomic mass is 9.80. The van der Waals surface area contributed by atoms with E-state index in [4.69, 9.17) is 0 Å². The summed E-state index contributed by atoms with van der Waals surface area (Å²) < 4.78 is 19.7. The highest BCUT2D eigenvalue weighted by Gasteiger charge is 2.28. The minimum Gasteiger partial charge on any atom is -0.309 e. The monoisotopic (exact) mass is 710 g/mol. The van der Waals surface area contributed by atoms with Crippen molar-refractivity contribution in [3.63, 3.8) is 0 Å². The molecule has 10 rings (SSSR count). The topological polar surface area (TPSA) is 9.86 Å². The second kappa shape index (κ2) is 13.3. The van der Waals surface area contributed by atoms with Crippen molar-refractivity contribution in [3.8, 4) is 22.5 Å². The molecule has 0 spiro atoms. The second-order valence-electron chi connectivity index (χ2n) is 14.5. The lowest BCUT2D eigenvalue weighted by molar-refractivity contribution is 0.627. The van der Waals surface area contributed by atoms with Gasteiger partial charge in [-0.25, -0.2) is 4.39 Å². The lowest BCUT2D eigenvalue weighted by Gasteiger charge is -2.24. The Labute approximate surface area is 320 Å². The van der Waals surface area contributed by atoms with Crippen LogP contribution in [0.4, 0.5) is 4.39 Å². The van der Waals surface area contributed by atoms with Gasteiger partial charge in [-0.15, -0.1) is 0 Å². The molecule has 0 amide bonds. The maximum Gasteiger partial charge on any atom is 0.125 e. The highest BCUT2D eigenvalue weighted by molar-refractivity contribution is 6.13. The normalized spacial score (nSPS) is 12.3. The molecule has 55 heavy (non-hydrogen) atoms. The number of nitrogens with zero attached hydrogens (tertiary/aromatic N) is 2. The number of halogens is 1. The van der Waals surface area contributed by atoms with Crippen LogP contribution in [0, 0.1) is 12.7 Å². The van der Waals surface area contributed by atoms with Gasteiger partial charge in [0.1, 0.15) is 5.82 Å². The molecule has 1 unspecified atom stereocenters. The van der Waals surface area contributed by atoms with Gasteiger partial charge in [0.25, 0.3) is 0 Å². The van der Waals surface area contributed by atoms with Gasteiger partial charge < -0.3 is 9.13 Å². The van der Waals surface area contributed by atoms with Crippen LogP contribution in [0.3, 0.4) is 0 Å². The Morgan fingerprint density at radius 2 is 1.13 bits per heavy atom. The number of fused-ring (bicyclic) bond motifs is 6. The number of aromatic nitrogens is 2. The van der Waals surface area contributed by atoms with Crippen LogP contribution in [0.2, 0.25) is 0 Å². The average Bonchev–Trinajstić information content (AvgIpc) is 3.75. The maximum atomic E-state index is 15.1. The van der Waals surface area contributed by atoms with Crippen molar-refractivity contribution in [3.05, 3.63) is 216 Å². The van der Waals surface area contributed by atoms with Crippen LogP contribution in [0.15, 0.2) is 182 Å². The van der Waals surface area contributed by atoms with Gasteiger partial charge in [-0.05, 0) is 101 Å². The van der Waals surface area contributed by atoms with E-state index in [0.717, 1.165) is 45.1 Å². The predicted molar refractivity (Wildman–Crippen MR) is 228 cm³/mol. The molecule has 264 valence electrons. The third kappa shape index (κ3) is 5.30. The van der Waals surface area contributed by atoms with E-state index in [9.17, 15) is 0 Å². The minimum absolute atomic E-state index is 0.159. The van der Waals surface area contributed by atoms with Crippen molar-refractivity contribution in [2.24, 2.45) is 0 Å². The van der Waals surface area contributed by atoms with Crippen molar-refractivity contribution >= 4 is 43.6 Å². The standard InChI is InChI=1S/C52H39FN2/c1-3-35-16-7-8-21-41(35)40-31-30-36(32-34(40)2)50(45-25-15-29-49-51(45)44-23-10-12-28-48(44)54(49)38-18-5-4-6-19-38)46-26-14-24-43-42-22-9-11-27-47(42)55(52(43)46)39-20-13-17-37(53)33-39/h4-33,50H,3H2,1-2H3. The quantitative estimate of drug-likeness (QED) is 0.146. The van der Waals surface area contributed by atoms with Crippen molar-refractivity contribution < 1.29 is 4.39 Å². The fraction of sp³-hybridized carbons (Fsp3) is 0.0769. The summed E-state index contributed by atoms with van der Waals surface area (Å²) in [7, 11) is 0. The smallest absolute Gasteiger partial charge is 0.125 e. The van der Waals surface area contributed by atoms with Gasteiger partial charge in [-0.2, -0.15) is 0 Å². The summed E-state index contributed by atoms with van der Waals surface area (Å²) in [5.41, 5.74) is 15.1. The zero-order valence-electron chi connectivity index (χ0n) is 30.9. The van der Waals surface area contributed by atoms with Crippen LogP contribution in [0.25, 0.3) is 66.1 Å². The SMILES string of the molecule is CCc1ccccc1-c1ccc(C(c2cccc3c2c2ccccc2n3-c2ccccc2)c2cccc3c4ccccc4n(-c4cccc(F)c4)c23)cc1C. The van der Waals surface area contributed by atoms with Crippen LogP contribution >= 0.6 is 0 Å². The Morgan fingerprint density at radius 3 is 1.93 bits per heavy atom. The number of benzene rings is 8. The van der Waals surface area contributed by atoms with Crippen LogP contribution in [-0.4, -0.2) is 9.13 Å². The van der Waals surface area contributed by atoms with Gasteiger partial charge in [-0.3, -0.25) is 0 Å². The van der Waals surface area contributed by atoms with Gasteiger partial charge in [-0.1, -0.05) is 140 Å². The highest BCUT2D eigenvalue weighted by Crippen LogP contribution is 2.46. The van der Waals surface area contributed by atoms with Gasteiger partial charge in [0, 0.05) is 38.8 Å². The van der Waals surface area contributed by atoms with Crippen molar-refractivity contribution in [2.45, 2.75) is 26.2 Å². The van der Waals surface area contributed by atoms with E-state index in [1.165, 1.54) is 61.3 Å². The molecule has 0 aliphatic heterocycles. The molecule has 8 aromatic carbocycles. The summed E-state index contributed by atoms with van der Waals surface area (Å²) in [5, 5.41) is 4.73. The molecule has 0 radical (unpaired) electrons. The Balaban J connectivity index is 1.33. The van der Waals surface area contributed by atoms with E-state index in [1.807, 2.05) is 6.07 Å². The number of aryl methyl sites for hydroxylation is 2. The first-order chi connectivity index (χ1) is 27.1. The molecule has 10 aromatic rings. The maximum absolute atomic E-state index is 15.1. The Hall–Kier alpha value is -6.71. The largest absolute Gasteiger partial charge is 0.309 e. The van der Waals surface area contributed by atoms with E-state index in [2.05, 4.69) is 181 Å². The molecule has 2 heterocycles. The Morgan fingerprint density at radius 1 is 0.491 bits per heavy atom. The molecule has 3 heteroatoms. The molecule has 0 bridgehead atoms. The molecule has 0 aliphatic rings. The summed E-state index contributed by atoms with van der Waals surface area (Å²) in [6.07, 6.45) is 0.972. The first kappa shape index (κ1) is 32.9. The number of para-hydroxylation sites is 4. The zero-order valence-corrected chi connectivity index (χ0v) is 30.9. The van der Waals surface area contributed by atoms with Crippen molar-refractivity contribution in [2.75, 3.05) is 0 Å². The molecule has 2 aromatic heterocycles. The third-order valence-electron chi connectivity index (χ3n) is 11.4. The van der Waals surface area contributed by atoms with Gasteiger partial charge in [0.05, 0.1) is 22.1 Å². The summed E-state index contributed by atoms with van der Waals surface area (Å²) in [6.45, 7) is 4.47. The lowest BCUT2D eigenvalue weighted by Crippen LogP contribution is -2.08. The molecule has 0 saturated heterocycles. The molecule has 1 atom stereocenters. The van der Waals surface area contributed by atoms with Crippen LogP contribution in [0.5, 0.6) is 0 Å². The fourth-order valence-corrected chi connectivity index (χ4v) is 9.09. The fourth-order valence-electron chi connectivity index (χ4n) is 9.09. The zero-order chi connectivity index (χ0) is 37.0. The number of rotatable bonds is 7. The van der Waals surface area contributed by atoms with E-state index in [-0.39, 0.29) is 11.7 Å². The number of hydrogen-bond acceptors (Lipinski definition) is 0. The Kier molecular flexibility index (Phi) is 7.96. The van der Waals surface area contributed by atoms with E-state index in [0.29, 0.717) is 0 Å².